The Morgan fingerprint density at radius 3 is 2.50 bits per heavy atom. The van der Waals surface area contributed by atoms with E-state index in [9.17, 15) is 4.79 Å². The van der Waals surface area contributed by atoms with Crippen molar-refractivity contribution in [3.63, 3.8) is 0 Å². The predicted octanol–water partition coefficient (Wildman–Crippen LogP) is 3.03. The Labute approximate surface area is 107 Å². The van der Waals surface area contributed by atoms with Gasteiger partial charge in [-0.05, 0) is 31.9 Å². The first-order chi connectivity index (χ1) is 8.49. The van der Waals surface area contributed by atoms with Crippen LogP contribution < -0.4 is 5.63 Å². The Balaban J connectivity index is 2.66. The van der Waals surface area contributed by atoms with Gasteiger partial charge in [-0.2, -0.15) is 0 Å². The molecule has 0 saturated carbocycles. The fraction of sp³-hybridized carbons (Fsp3) is 0.308. The molecule has 0 radical (unpaired) electrons. The van der Waals surface area contributed by atoms with Gasteiger partial charge in [0.15, 0.2) is 5.89 Å². The Hall–Kier alpha value is -1.75. The topological polar surface area (TPSA) is 56.0 Å². The largest absolute Gasteiger partial charge is 0.408 e. The highest BCUT2D eigenvalue weighted by Crippen LogP contribution is 2.33. The van der Waals surface area contributed by atoms with E-state index in [4.69, 9.17) is 4.42 Å². The van der Waals surface area contributed by atoms with Crippen molar-refractivity contribution in [2.45, 2.75) is 27.7 Å². The average Bonchev–Trinajstić information content (AvgIpc) is 2.65. The number of rotatable bonds is 0. The van der Waals surface area contributed by atoms with Gasteiger partial charge >= 0.3 is 5.63 Å². The van der Waals surface area contributed by atoms with Crippen molar-refractivity contribution >= 4 is 31.8 Å². The van der Waals surface area contributed by atoms with E-state index in [1.54, 1.807) is 6.92 Å². The fourth-order valence-electron chi connectivity index (χ4n) is 2.13. The molecule has 0 N–H and O–H groups in total. The standard InChI is InChI=1S/C13H12N2O2S/c1-5-6(2)9-10-11(13(16)17-8(4)15-10)18-12(9)14-7(5)3/h1-4H3. The molecule has 0 aliphatic heterocycles. The second-order valence-electron chi connectivity index (χ2n) is 4.43. The van der Waals surface area contributed by atoms with E-state index >= 15 is 0 Å². The average molecular weight is 260 g/mol. The molecule has 0 fully saturated rings. The first-order valence-electron chi connectivity index (χ1n) is 5.67. The van der Waals surface area contributed by atoms with Gasteiger partial charge in [-0.15, -0.1) is 11.3 Å². The lowest BCUT2D eigenvalue weighted by atomic mass is 10.1. The van der Waals surface area contributed by atoms with Crippen LogP contribution in [0.3, 0.4) is 0 Å². The zero-order valence-electron chi connectivity index (χ0n) is 10.6. The second kappa shape index (κ2) is 3.62. The molecule has 3 aromatic rings. The number of aromatic nitrogens is 2. The Morgan fingerprint density at radius 2 is 1.78 bits per heavy atom. The highest BCUT2D eigenvalue weighted by molar-refractivity contribution is 7.25. The van der Waals surface area contributed by atoms with Crippen LogP contribution in [0.4, 0.5) is 0 Å². The quantitative estimate of drug-likeness (QED) is 0.623. The Bertz CT molecular complexity index is 846. The molecule has 0 unspecified atom stereocenters. The molecule has 18 heavy (non-hydrogen) atoms. The van der Waals surface area contributed by atoms with Crippen molar-refractivity contribution in [3.05, 3.63) is 33.1 Å². The minimum atomic E-state index is -0.324. The monoisotopic (exact) mass is 260 g/mol. The normalized spacial score (nSPS) is 11.6. The molecule has 0 atom stereocenters. The molecule has 0 spiro atoms. The molecular formula is C13H12N2O2S. The summed E-state index contributed by atoms with van der Waals surface area (Å²) in [6.07, 6.45) is 0. The van der Waals surface area contributed by atoms with Crippen LogP contribution in [-0.4, -0.2) is 9.97 Å². The molecule has 0 bridgehead atoms. The molecule has 3 aromatic heterocycles. The molecular weight excluding hydrogens is 248 g/mol. The number of nitrogens with zero attached hydrogens (tertiary/aromatic N) is 2. The van der Waals surface area contributed by atoms with Crippen LogP contribution >= 0.6 is 11.3 Å². The van der Waals surface area contributed by atoms with Gasteiger partial charge in [-0.1, -0.05) is 0 Å². The van der Waals surface area contributed by atoms with Gasteiger partial charge in [0.1, 0.15) is 15.0 Å². The highest BCUT2D eigenvalue weighted by atomic mass is 32.1. The summed E-state index contributed by atoms with van der Waals surface area (Å²) in [5, 5.41) is 0.981. The van der Waals surface area contributed by atoms with Crippen molar-refractivity contribution < 1.29 is 4.42 Å². The lowest BCUT2D eigenvalue weighted by Gasteiger charge is -2.04. The summed E-state index contributed by atoms with van der Waals surface area (Å²) in [7, 11) is 0. The van der Waals surface area contributed by atoms with E-state index in [0.717, 1.165) is 32.6 Å². The Morgan fingerprint density at radius 1 is 1.06 bits per heavy atom. The van der Waals surface area contributed by atoms with Crippen LogP contribution in [0, 0.1) is 27.7 Å². The van der Waals surface area contributed by atoms with Crippen LogP contribution in [0.1, 0.15) is 22.7 Å². The van der Waals surface area contributed by atoms with Gasteiger partial charge in [-0.25, -0.2) is 14.8 Å². The van der Waals surface area contributed by atoms with Crippen molar-refractivity contribution in [2.75, 3.05) is 0 Å². The van der Waals surface area contributed by atoms with E-state index in [0.29, 0.717) is 10.6 Å². The maximum absolute atomic E-state index is 11.8. The van der Waals surface area contributed by atoms with Crippen LogP contribution in [0.25, 0.3) is 20.4 Å². The van der Waals surface area contributed by atoms with Gasteiger partial charge in [-0.3, -0.25) is 0 Å². The van der Waals surface area contributed by atoms with Gasteiger partial charge < -0.3 is 4.42 Å². The third-order valence-electron chi connectivity index (χ3n) is 3.31. The fourth-order valence-corrected chi connectivity index (χ4v) is 3.23. The first kappa shape index (κ1) is 11.3. The highest BCUT2D eigenvalue weighted by Gasteiger charge is 2.16. The summed E-state index contributed by atoms with van der Waals surface area (Å²) in [4.78, 5) is 21.6. The SMILES string of the molecule is Cc1nc2c(sc3nc(C)c(C)c(C)c32)c(=O)o1. The third kappa shape index (κ3) is 1.40. The summed E-state index contributed by atoms with van der Waals surface area (Å²) in [6, 6.07) is 0. The summed E-state index contributed by atoms with van der Waals surface area (Å²) in [5.41, 5.74) is 3.68. The predicted molar refractivity (Wildman–Crippen MR) is 72.4 cm³/mol. The minimum Gasteiger partial charge on any atom is -0.408 e. The van der Waals surface area contributed by atoms with Crippen molar-refractivity contribution in [1.29, 1.82) is 0 Å². The molecule has 0 saturated heterocycles. The second-order valence-corrected chi connectivity index (χ2v) is 5.43. The molecule has 3 heterocycles. The summed E-state index contributed by atoms with van der Waals surface area (Å²) in [6.45, 7) is 7.75. The zero-order valence-corrected chi connectivity index (χ0v) is 11.4. The van der Waals surface area contributed by atoms with E-state index in [1.165, 1.54) is 11.3 Å². The van der Waals surface area contributed by atoms with Gasteiger partial charge in [0, 0.05) is 18.0 Å². The first-order valence-corrected chi connectivity index (χ1v) is 6.48. The van der Waals surface area contributed by atoms with E-state index < -0.39 is 0 Å². The molecule has 4 nitrogen and oxygen atoms in total. The number of hydrogen-bond donors (Lipinski definition) is 0. The van der Waals surface area contributed by atoms with E-state index in [-0.39, 0.29) is 5.63 Å². The summed E-state index contributed by atoms with van der Waals surface area (Å²) >= 11 is 1.35. The lowest BCUT2D eigenvalue weighted by molar-refractivity contribution is 0.468. The summed E-state index contributed by atoms with van der Waals surface area (Å²) in [5.74, 6) is 0.393. The number of hydrogen-bond acceptors (Lipinski definition) is 5. The molecule has 0 aliphatic carbocycles. The number of thiophene rings is 1. The Kier molecular flexibility index (Phi) is 2.28. The molecule has 3 rings (SSSR count). The van der Waals surface area contributed by atoms with Crippen molar-refractivity contribution in [2.24, 2.45) is 0 Å². The molecule has 0 aromatic carbocycles. The molecule has 5 heteroatoms. The maximum atomic E-state index is 11.8. The van der Waals surface area contributed by atoms with Crippen LogP contribution in [0.15, 0.2) is 9.21 Å². The third-order valence-corrected chi connectivity index (χ3v) is 4.36. The van der Waals surface area contributed by atoms with Gasteiger partial charge in [0.05, 0.1) is 0 Å². The van der Waals surface area contributed by atoms with Crippen LogP contribution in [0.2, 0.25) is 0 Å². The van der Waals surface area contributed by atoms with Gasteiger partial charge in [0.25, 0.3) is 0 Å². The lowest BCUT2D eigenvalue weighted by Crippen LogP contribution is -2.00. The number of pyridine rings is 1. The minimum absolute atomic E-state index is 0.324. The van der Waals surface area contributed by atoms with E-state index in [2.05, 4.69) is 9.97 Å². The van der Waals surface area contributed by atoms with Crippen LogP contribution in [0.5, 0.6) is 0 Å². The zero-order chi connectivity index (χ0) is 13.0. The number of fused-ring (bicyclic) bond motifs is 3. The molecule has 92 valence electrons. The summed E-state index contributed by atoms with van der Waals surface area (Å²) < 4.78 is 5.59. The maximum Gasteiger partial charge on any atom is 0.357 e. The molecule has 0 amide bonds. The van der Waals surface area contributed by atoms with Crippen molar-refractivity contribution in [1.82, 2.24) is 9.97 Å². The van der Waals surface area contributed by atoms with Crippen molar-refractivity contribution in [3.8, 4) is 0 Å². The van der Waals surface area contributed by atoms with Gasteiger partial charge in [0.2, 0.25) is 0 Å². The van der Waals surface area contributed by atoms with Crippen LogP contribution in [-0.2, 0) is 0 Å². The number of aryl methyl sites for hydroxylation is 3. The van der Waals surface area contributed by atoms with E-state index in [1.807, 2.05) is 20.8 Å². The smallest absolute Gasteiger partial charge is 0.357 e. The molecule has 0 aliphatic rings.